The fraction of sp³-hybridized carbons (Fsp3) is 0.579. The fourth-order valence-electron chi connectivity index (χ4n) is 3.32. The van der Waals surface area contributed by atoms with Crippen molar-refractivity contribution in [2.75, 3.05) is 13.1 Å². The average molecular weight is 386 g/mol. The molecule has 2 rings (SSSR count). The molecule has 2 amide bonds. The van der Waals surface area contributed by atoms with Crippen molar-refractivity contribution in [1.82, 2.24) is 10.2 Å². The molecular formula is C19H25F3N2O3. The van der Waals surface area contributed by atoms with Crippen LogP contribution in [0, 0.1) is 5.92 Å². The third-order valence-corrected chi connectivity index (χ3v) is 4.78. The van der Waals surface area contributed by atoms with Gasteiger partial charge in [-0.05, 0) is 37.0 Å². The molecule has 0 bridgehead atoms. The van der Waals surface area contributed by atoms with Gasteiger partial charge in [0.1, 0.15) is 5.75 Å². The Bertz CT molecular complexity index is 643. The second-order valence-corrected chi connectivity index (χ2v) is 6.65. The number of rotatable bonds is 8. The van der Waals surface area contributed by atoms with Gasteiger partial charge in [0.05, 0.1) is 5.92 Å². The number of hydrogen-bond acceptors (Lipinski definition) is 3. The Morgan fingerprint density at radius 2 is 1.89 bits per heavy atom. The van der Waals surface area contributed by atoms with Gasteiger partial charge in [0.25, 0.3) is 0 Å². The number of amides is 2. The number of carbonyl (C=O) groups excluding carboxylic acids is 2. The van der Waals surface area contributed by atoms with Gasteiger partial charge >= 0.3 is 6.36 Å². The first kappa shape index (κ1) is 21.1. The van der Waals surface area contributed by atoms with E-state index in [1.165, 1.54) is 24.3 Å². The van der Waals surface area contributed by atoms with Crippen molar-refractivity contribution < 1.29 is 27.5 Å². The van der Waals surface area contributed by atoms with Gasteiger partial charge in [0.2, 0.25) is 11.8 Å². The van der Waals surface area contributed by atoms with Crippen LogP contribution < -0.4 is 10.1 Å². The van der Waals surface area contributed by atoms with Gasteiger partial charge in [-0.25, -0.2) is 0 Å². The number of nitrogens with one attached hydrogen (secondary N) is 1. The number of benzene rings is 1. The van der Waals surface area contributed by atoms with E-state index in [9.17, 15) is 22.8 Å². The lowest BCUT2D eigenvalue weighted by Crippen LogP contribution is -2.38. The molecule has 1 aliphatic rings. The highest BCUT2D eigenvalue weighted by molar-refractivity contribution is 5.89. The lowest BCUT2D eigenvalue weighted by Gasteiger charge is -2.26. The Balaban J connectivity index is 1.78. The highest BCUT2D eigenvalue weighted by Gasteiger charge is 2.36. The molecule has 8 heteroatoms. The summed E-state index contributed by atoms with van der Waals surface area (Å²) in [5, 5.41) is 2.81. The fourth-order valence-corrected chi connectivity index (χ4v) is 3.32. The Kier molecular flexibility index (Phi) is 7.10. The predicted molar refractivity (Wildman–Crippen MR) is 94.0 cm³/mol. The summed E-state index contributed by atoms with van der Waals surface area (Å²) in [5.41, 5.74) is 0.783. The zero-order chi connectivity index (χ0) is 20.0. The van der Waals surface area contributed by atoms with E-state index in [-0.39, 0.29) is 35.9 Å². The molecule has 0 radical (unpaired) electrons. The molecule has 1 unspecified atom stereocenters. The van der Waals surface area contributed by atoms with Crippen molar-refractivity contribution in [2.24, 2.45) is 5.92 Å². The summed E-state index contributed by atoms with van der Waals surface area (Å²) in [6, 6.07) is 5.72. The van der Waals surface area contributed by atoms with Crippen molar-refractivity contribution in [3.05, 3.63) is 29.8 Å². The maximum absolute atomic E-state index is 12.3. The SMILES string of the molecule is CCC(CC)N1CC(C(=O)NCCc2ccc(OC(F)(F)F)cc2)CC1=O. The van der Waals surface area contributed by atoms with Gasteiger partial charge in [-0.15, -0.1) is 13.2 Å². The number of alkyl halides is 3. The van der Waals surface area contributed by atoms with Crippen LogP contribution in [0.15, 0.2) is 24.3 Å². The number of ether oxygens (including phenoxy) is 1. The van der Waals surface area contributed by atoms with Crippen molar-refractivity contribution in [2.45, 2.75) is 51.9 Å². The van der Waals surface area contributed by atoms with E-state index in [4.69, 9.17) is 0 Å². The van der Waals surface area contributed by atoms with E-state index in [1.54, 1.807) is 4.90 Å². The molecule has 1 atom stereocenters. The summed E-state index contributed by atoms with van der Waals surface area (Å²) in [7, 11) is 0. The zero-order valence-corrected chi connectivity index (χ0v) is 15.5. The number of hydrogen-bond donors (Lipinski definition) is 1. The van der Waals surface area contributed by atoms with Crippen LogP contribution in [0.2, 0.25) is 0 Å². The van der Waals surface area contributed by atoms with Crippen molar-refractivity contribution in [1.29, 1.82) is 0 Å². The van der Waals surface area contributed by atoms with Gasteiger partial charge in [-0.3, -0.25) is 9.59 Å². The molecule has 1 N–H and O–H groups in total. The smallest absolute Gasteiger partial charge is 0.406 e. The highest BCUT2D eigenvalue weighted by Crippen LogP contribution is 2.24. The summed E-state index contributed by atoms with van der Waals surface area (Å²) < 4.78 is 40.2. The minimum atomic E-state index is -4.71. The molecule has 5 nitrogen and oxygen atoms in total. The number of nitrogens with zero attached hydrogens (tertiary/aromatic N) is 1. The molecule has 150 valence electrons. The molecule has 1 fully saturated rings. The molecule has 0 saturated carbocycles. The average Bonchev–Trinajstić information content (AvgIpc) is 2.98. The van der Waals surface area contributed by atoms with Crippen LogP contribution in [0.1, 0.15) is 38.7 Å². The Morgan fingerprint density at radius 1 is 1.26 bits per heavy atom. The van der Waals surface area contributed by atoms with Gasteiger partial charge < -0.3 is 15.0 Å². The van der Waals surface area contributed by atoms with Gasteiger partial charge in [-0.1, -0.05) is 26.0 Å². The van der Waals surface area contributed by atoms with E-state index in [2.05, 4.69) is 10.1 Å². The van der Waals surface area contributed by atoms with E-state index < -0.39 is 6.36 Å². The quantitative estimate of drug-likeness (QED) is 0.746. The normalized spacial score (nSPS) is 17.5. The summed E-state index contributed by atoms with van der Waals surface area (Å²) in [5.74, 6) is -0.764. The lowest BCUT2D eigenvalue weighted by molar-refractivity contribution is -0.274. The molecule has 0 aliphatic carbocycles. The molecule has 27 heavy (non-hydrogen) atoms. The second kappa shape index (κ2) is 9.10. The maximum Gasteiger partial charge on any atom is 0.573 e. The third-order valence-electron chi connectivity index (χ3n) is 4.78. The van der Waals surface area contributed by atoms with Crippen LogP contribution in [0.5, 0.6) is 5.75 Å². The van der Waals surface area contributed by atoms with E-state index in [0.717, 1.165) is 18.4 Å². The molecule has 1 aromatic carbocycles. The Morgan fingerprint density at radius 3 is 2.44 bits per heavy atom. The maximum atomic E-state index is 12.3. The first-order chi connectivity index (χ1) is 12.7. The van der Waals surface area contributed by atoms with Gasteiger partial charge in [0, 0.05) is 25.6 Å². The molecule has 0 spiro atoms. The zero-order valence-electron chi connectivity index (χ0n) is 15.5. The van der Waals surface area contributed by atoms with Gasteiger partial charge in [-0.2, -0.15) is 0 Å². The predicted octanol–water partition coefficient (Wildman–Crippen LogP) is 3.28. The lowest BCUT2D eigenvalue weighted by atomic mass is 10.1. The molecule has 1 aliphatic heterocycles. The van der Waals surface area contributed by atoms with Gasteiger partial charge in [0.15, 0.2) is 0 Å². The number of carbonyl (C=O) groups is 2. The molecular weight excluding hydrogens is 361 g/mol. The Labute approximate surface area is 156 Å². The standard InChI is InChI=1S/C19H25F3N2O3/c1-3-15(4-2)24-12-14(11-17(24)25)18(26)23-10-9-13-5-7-16(8-6-13)27-19(20,21)22/h5-8,14-15H,3-4,9-12H2,1-2H3,(H,23,26). The largest absolute Gasteiger partial charge is 0.573 e. The van der Waals surface area contributed by atoms with E-state index >= 15 is 0 Å². The molecule has 1 saturated heterocycles. The van der Waals surface area contributed by atoms with E-state index in [1.807, 2.05) is 13.8 Å². The third kappa shape index (κ3) is 6.15. The highest BCUT2D eigenvalue weighted by atomic mass is 19.4. The molecule has 0 aromatic heterocycles. The van der Waals surface area contributed by atoms with Crippen LogP contribution in [-0.2, 0) is 16.0 Å². The number of halogens is 3. The molecule has 1 heterocycles. The Hall–Kier alpha value is -2.25. The topological polar surface area (TPSA) is 58.6 Å². The van der Waals surface area contributed by atoms with Crippen molar-refractivity contribution in [3.63, 3.8) is 0 Å². The molecule has 1 aromatic rings. The summed E-state index contributed by atoms with van der Waals surface area (Å²) in [6.07, 6.45) is -2.27. The van der Waals surface area contributed by atoms with Crippen molar-refractivity contribution >= 4 is 11.8 Å². The van der Waals surface area contributed by atoms with E-state index in [0.29, 0.717) is 19.5 Å². The minimum Gasteiger partial charge on any atom is -0.406 e. The van der Waals surface area contributed by atoms with Crippen molar-refractivity contribution in [3.8, 4) is 5.75 Å². The number of likely N-dealkylation sites (tertiary alicyclic amines) is 1. The van der Waals surface area contributed by atoms with Crippen LogP contribution in [0.4, 0.5) is 13.2 Å². The minimum absolute atomic E-state index is 0.0177. The second-order valence-electron chi connectivity index (χ2n) is 6.65. The first-order valence-electron chi connectivity index (χ1n) is 9.15. The van der Waals surface area contributed by atoms with Crippen LogP contribution in [0.3, 0.4) is 0 Å². The van der Waals surface area contributed by atoms with Crippen LogP contribution in [-0.4, -0.2) is 42.2 Å². The summed E-state index contributed by atoms with van der Waals surface area (Å²) in [6.45, 7) is 4.86. The first-order valence-corrected chi connectivity index (χ1v) is 9.15. The summed E-state index contributed by atoms with van der Waals surface area (Å²) >= 11 is 0. The van der Waals surface area contributed by atoms with Crippen LogP contribution in [0.25, 0.3) is 0 Å². The van der Waals surface area contributed by atoms with Crippen LogP contribution >= 0.6 is 0 Å². The summed E-state index contributed by atoms with van der Waals surface area (Å²) in [4.78, 5) is 26.2. The monoisotopic (exact) mass is 386 g/mol.